The molecule has 0 atom stereocenters. The van der Waals surface area contributed by atoms with Crippen molar-refractivity contribution < 1.29 is 4.42 Å². The largest absolute Gasteiger partial charge is 0.454 e. The molecule has 0 radical (unpaired) electrons. The van der Waals surface area contributed by atoms with Crippen LogP contribution in [-0.2, 0) is 0 Å². The van der Waals surface area contributed by atoms with E-state index < -0.39 is 0 Å². The number of hydrogen-bond donors (Lipinski definition) is 0. The molecule has 12 aromatic rings. The third-order valence-corrected chi connectivity index (χ3v) is 12.1. The molecule has 4 heteroatoms. The van der Waals surface area contributed by atoms with Gasteiger partial charge in [0.25, 0.3) is 0 Å². The summed E-state index contributed by atoms with van der Waals surface area (Å²) in [5.41, 5.74) is 11.2. The molecule has 0 aliphatic heterocycles. The SMILES string of the molecule is c1ccc2c(c1)oc1c2ccc2c3ccccc3n(-c3ccc(-c4ccc(-n5c6ccccc6c6ccc7c8ccccc8sc7c65)cc4)cc3)c21. The number of thiophene rings is 1. The highest BCUT2D eigenvalue weighted by Gasteiger charge is 2.20. The van der Waals surface area contributed by atoms with E-state index >= 15 is 0 Å². The summed E-state index contributed by atoms with van der Waals surface area (Å²) in [6.45, 7) is 0. The number of para-hydroxylation sites is 3. The number of hydrogen-bond acceptors (Lipinski definition) is 2. The Labute approximate surface area is 301 Å². The standard InChI is InChI=1S/C48H28N2OS/c1-5-13-41-33(9-1)37-25-27-39-35-11-3-7-15-43(35)51-47(39)45(37)49(41)31-21-17-29(18-22-31)30-19-23-32(24-20-30)50-42-14-6-2-10-34(42)38-26-28-40-36-12-4-8-16-44(36)52-48(40)46(38)50/h1-28H. The topological polar surface area (TPSA) is 23.0 Å². The van der Waals surface area contributed by atoms with Gasteiger partial charge in [0, 0.05) is 59.2 Å². The number of rotatable bonds is 3. The summed E-state index contributed by atoms with van der Waals surface area (Å²) >= 11 is 1.89. The van der Waals surface area contributed by atoms with Crippen molar-refractivity contribution >= 4 is 97.1 Å². The van der Waals surface area contributed by atoms with E-state index in [1.165, 1.54) is 69.4 Å². The Kier molecular flexibility index (Phi) is 5.65. The highest BCUT2D eigenvalue weighted by Crippen LogP contribution is 2.44. The van der Waals surface area contributed by atoms with Gasteiger partial charge in [0.05, 0.1) is 26.8 Å². The zero-order valence-corrected chi connectivity index (χ0v) is 28.7. The van der Waals surface area contributed by atoms with E-state index in [1.807, 2.05) is 17.4 Å². The zero-order valence-electron chi connectivity index (χ0n) is 27.9. The predicted octanol–water partition coefficient (Wildman–Crippen LogP) is 13.8. The van der Waals surface area contributed by atoms with Crippen molar-refractivity contribution in [2.75, 3.05) is 0 Å². The van der Waals surface area contributed by atoms with E-state index in [1.54, 1.807) is 0 Å². The van der Waals surface area contributed by atoms with Crippen molar-refractivity contribution in [1.82, 2.24) is 9.13 Å². The average Bonchev–Trinajstić information content (AvgIpc) is 3.96. The fourth-order valence-electron chi connectivity index (χ4n) is 8.60. The summed E-state index contributed by atoms with van der Waals surface area (Å²) in [7, 11) is 0. The molecule has 4 heterocycles. The second kappa shape index (κ2) is 10.5. The number of fused-ring (bicyclic) bond motifs is 14. The fraction of sp³-hybridized carbons (Fsp3) is 0. The van der Waals surface area contributed by atoms with Crippen LogP contribution in [0.2, 0.25) is 0 Å². The summed E-state index contributed by atoms with van der Waals surface area (Å²) in [4.78, 5) is 0. The molecule has 0 unspecified atom stereocenters. The van der Waals surface area contributed by atoms with Gasteiger partial charge in [-0.15, -0.1) is 11.3 Å². The van der Waals surface area contributed by atoms with E-state index in [-0.39, 0.29) is 0 Å². The van der Waals surface area contributed by atoms with Gasteiger partial charge in [-0.05, 0) is 65.7 Å². The Hall–Kier alpha value is -6.62. The van der Waals surface area contributed by atoms with Crippen molar-refractivity contribution in [2.24, 2.45) is 0 Å². The van der Waals surface area contributed by atoms with Gasteiger partial charge in [0.1, 0.15) is 5.58 Å². The molecular formula is C48H28N2OS. The molecule has 0 spiro atoms. The lowest BCUT2D eigenvalue weighted by atomic mass is 10.0. The van der Waals surface area contributed by atoms with E-state index in [4.69, 9.17) is 4.42 Å². The third-order valence-electron chi connectivity index (χ3n) is 10.9. The molecule has 0 saturated carbocycles. The van der Waals surface area contributed by atoms with Gasteiger partial charge in [-0.1, -0.05) is 115 Å². The van der Waals surface area contributed by atoms with Crippen molar-refractivity contribution in [3.8, 4) is 22.5 Å². The Morgan fingerprint density at radius 1 is 0.365 bits per heavy atom. The van der Waals surface area contributed by atoms with Gasteiger partial charge in [0.15, 0.2) is 5.58 Å². The minimum Gasteiger partial charge on any atom is -0.454 e. The molecule has 4 aromatic heterocycles. The highest BCUT2D eigenvalue weighted by atomic mass is 32.1. The van der Waals surface area contributed by atoms with Crippen LogP contribution in [0.15, 0.2) is 174 Å². The molecule has 0 saturated heterocycles. The molecule has 0 bridgehead atoms. The highest BCUT2D eigenvalue weighted by molar-refractivity contribution is 7.26. The molecule has 0 N–H and O–H groups in total. The van der Waals surface area contributed by atoms with Crippen molar-refractivity contribution in [2.45, 2.75) is 0 Å². The fourth-order valence-corrected chi connectivity index (χ4v) is 9.84. The molecule has 0 aliphatic rings. The first-order valence-electron chi connectivity index (χ1n) is 17.7. The Balaban J connectivity index is 0.994. The van der Waals surface area contributed by atoms with Crippen molar-refractivity contribution in [3.05, 3.63) is 170 Å². The summed E-state index contributed by atoms with van der Waals surface area (Å²) in [6, 6.07) is 61.6. The van der Waals surface area contributed by atoms with E-state index in [0.29, 0.717) is 0 Å². The second-order valence-electron chi connectivity index (χ2n) is 13.7. The quantitative estimate of drug-likeness (QED) is 0.182. The van der Waals surface area contributed by atoms with E-state index in [9.17, 15) is 0 Å². The van der Waals surface area contributed by atoms with Crippen LogP contribution in [0.5, 0.6) is 0 Å². The van der Waals surface area contributed by atoms with Crippen LogP contribution in [0, 0.1) is 0 Å². The van der Waals surface area contributed by atoms with Crippen LogP contribution in [-0.4, -0.2) is 9.13 Å². The van der Waals surface area contributed by atoms with E-state index in [0.717, 1.165) is 38.8 Å². The van der Waals surface area contributed by atoms with Gasteiger partial charge in [-0.3, -0.25) is 0 Å². The van der Waals surface area contributed by atoms with Crippen LogP contribution in [0.3, 0.4) is 0 Å². The molecule has 3 nitrogen and oxygen atoms in total. The van der Waals surface area contributed by atoms with Crippen molar-refractivity contribution in [3.63, 3.8) is 0 Å². The van der Waals surface area contributed by atoms with Gasteiger partial charge < -0.3 is 13.6 Å². The summed E-state index contributed by atoms with van der Waals surface area (Å²) in [5.74, 6) is 0. The molecule has 0 amide bonds. The van der Waals surface area contributed by atoms with Gasteiger partial charge in [0.2, 0.25) is 0 Å². The predicted molar refractivity (Wildman–Crippen MR) is 221 cm³/mol. The monoisotopic (exact) mass is 680 g/mol. The third kappa shape index (κ3) is 3.79. The first-order chi connectivity index (χ1) is 25.8. The van der Waals surface area contributed by atoms with Crippen LogP contribution in [0.25, 0.3) is 108 Å². The Morgan fingerprint density at radius 3 is 1.54 bits per heavy atom. The normalized spacial score (nSPS) is 12.2. The number of nitrogens with zero attached hydrogens (tertiary/aromatic N) is 2. The number of furan rings is 1. The lowest BCUT2D eigenvalue weighted by Crippen LogP contribution is -1.95. The second-order valence-corrected chi connectivity index (χ2v) is 14.7. The van der Waals surface area contributed by atoms with Crippen LogP contribution < -0.4 is 0 Å². The number of aromatic nitrogens is 2. The summed E-state index contributed by atoms with van der Waals surface area (Å²) < 4.78 is 14.0. The summed E-state index contributed by atoms with van der Waals surface area (Å²) in [5, 5.41) is 9.91. The molecule has 12 rings (SSSR count). The summed E-state index contributed by atoms with van der Waals surface area (Å²) in [6.07, 6.45) is 0. The molecule has 52 heavy (non-hydrogen) atoms. The first kappa shape index (κ1) is 28.1. The molecule has 0 fully saturated rings. The average molecular weight is 681 g/mol. The smallest absolute Gasteiger partial charge is 0.160 e. The van der Waals surface area contributed by atoms with Crippen LogP contribution >= 0.6 is 11.3 Å². The van der Waals surface area contributed by atoms with Crippen LogP contribution in [0.1, 0.15) is 0 Å². The first-order valence-corrected chi connectivity index (χ1v) is 18.5. The Morgan fingerprint density at radius 2 is 0.865 bits per heavy atom. The van der Waals surface area contributed by atoms with Gasteiger partial charge in [-0.25, -0.2) is 0 Å². The number of benzene rings is 8. The maximum atomic E-state index is 6.56. The maximum Gasteiger partial charge on any atom is 0.160 e. The van der Waals surface area contributed by atoms with Crippen LogP contribution in [0.4, 0.5) is 0 Å². The van der Waals surface area contributed by atoms with Crippen molar-refractivity contribution in [1.29, 1.82) is 0 Å². The lowest BCUT2D eigenvalue weighted by Gasteiger charge is -2.11. The van der Waals surface area contributed by atoms with Gasteiger partial charge in [-0.2, -0.15) is 0 Å². The zero-order chi connectivity index (χ0) is 33.9. The van der Waals surface area contributed by atoms with E-state index in [2.05, 4.69) is 173 Å². The maximum absolute atomic E-state index is 6.56. The minimum absolute atomic E-state index is 0.912. The van der Waals surface area contributed by atoms with Gasteiger partial charge >= 0.3 is 0 Å². The molecule has 242 valence electrons. The Bertz CT molecular complexity index is 3160. The minimum atomic E-state index is 0.912. The molecule has 0 aliphatic carbocycles. The molecular weight excluding hydrogens is 653 g/mol. The lowest BCUT2D eigenvalue weighted by molar-refractivity contribution is 0.671. The molecule has 8 aromatic carbocycles.